The molecule has 1 aliphatic rings. The molecule has 1 N–H and O–H groups in total. The Hall–Kier alpha value is -1.45. The molecule has 1 saturated heterocycles. The summed E-state index contributed by atoms with van der Waals surface area (Å²) in [4.78, 5) is 7.26. The van der Waals surface area contributed by atoms with Crippen LogP contribution in [0.15, 0.2) is 36.4 Å². The highest BCUT2D eigenvalue weighted by atomic mass is 15.1. The van der Waals surface area contributed by atoms with Gasteiger partial charge in [0.25, 0.3) is 0 Å². The highest BCUT2D eigenvalue weighted by Gasteiger charge is 2.14. The summed E-state index contributed by atoms with van der Waals surface area (Å²) < 4.78 is 0. The second kappa shape index (κ2) is 7.01. The lowest BCUT2D eigenvalue weighted by Crippen LogP contribution is -2.37. The van der Waals surface area contributed by atoms with Gasteiger partial charge in [-0.15, -0.1) is 0 Å². The van der Waals surface area contributed by atoms with E-state index in [1.165, 1.54) is 31.3 Å². The average Bonchev–Trinajstić information content (AvgIpc) is 2.53. The first-order valence-corrected chi connectivity index (χ1v) is 8.09. The molecule has 3 rings (SSSR count). The van der Waals surface area contributed by atoms with Gasteiger partial charge >= 0.3 is 0 Å². The predicted octanol–water partition coefficient (Wildman–Crippen LogP) is 3.06. The smallest absolute Gasteiger partial charge is 0.0705 e. The maximum atomic E-state index is 4.69. The van der Waals surface area contributed by atoms with E-state index in [1.54, 1.807) is 0 Å². The molecule has 3 nitrogen and oxygen atoms in total. The van der Waals surface area contributed by atoms with Gasteiger partial charge in [0, 0.05) is 25.0 Å². The van der Waals surface area contributed by atoms with Crippen molar-refractivity contribution in [2.24, 2.45) is 5.92 Å². The first kappa shape index (κ1) is 14.5. The van der Waals surface area contributed by atoms with E-state index in [2.05, 4.69) is 47.5 Å². The maximum absolute atomic E-state index is 4.69. The van der Waals surface area contributed by atoms with Crippen molar-refractivity contribution >= 4 is 10.9 Å². The molecule has 0 atom stereocenters. The molecule has 112 valence electrons. The van der Waals surface area contributed by atoms with Crippen molar-refractivity contribution < 1.29 is 0 Å². The van der Waals surface area contributed by atoms with Gasteiger partial charge in [0.2, 0.25) is 0 Å². The van der Waals surface area contributed by atoms with Gasteiger partial charge in [0.05, 0.1) is 11.2 Å². The van der Waals surface area contributed by atoms with Crippen molar-refractivity contribution in [2.75, 3.05) is 26.2 Å². The Labute approximate surface area is 127 Å². The van der Waals surface area contributed by atoms with E-state index in [4.69, 9.17) is 4.98 Å². The van der Waals surface area contributed by atoms with E-state index in [9.17, 15) is 0 Å². The molecule has 0 bridgehead atoms. The quantitative estimate of drug-likeness (QED) is 0.855. The van der Waals surface area contributed by atoms with Gasteiger partial charge in [0.15, 0.2) is 0 Å². The van der Waals surface area contributed by atoms with Crippen LogP contribution in [0.25, 0.3) is 10.9 Å². The highest BCUT2D eigenvalue weighted by Crippen LogP contribution is 2.15. The molecule has 1 fully saturated rings. The number of hydrogen-bond donors (Lipinski definition) is 1. The first-order chi connectivity index (χ1) is 10.3. The third kappa shape index (κ3) is 4.02. The number of piperidine rings is 1. The van der Waals surface area contributed by atoms with E-state index < -0.39 is 0 Å². The summed E-state index contributed by atoms with van der Waals surface area (Å²) in [7, 11) is 0. The van der Waals surface area contributed by atoms with Crippen molar-refractivity contribution in [1.82, 2.24) is 15.2 Å². The minimum Gasteiger partial charge on any atom is -0.310 e. The Morgan fingerprint density at radius 2 is 1.95 bits per heavy atom. The molecule has 1 aromatic carbocycles. The number of nitrogens with zero attached hydrogens (tertiary/aromatic N) is 2. The van der Waals surface area contributed by atoms with Crippen molar-refractivity contribution in [3.63, 3.8) is 0 Å². The van der Waals surface area contributed by atoms with Crippen LogP contribution in [0, 0.1) is 5.92 Å². The zero-order valence-corrected chi connectivity index (χ0v) is 12.9. The minimum absolute atomic E-state index is 0.856. The van der Waals surface area contributed by atoms with E-state index >= 15 is 0 Å². The number of fused-ring (bicyclic) bond motifs is 1. The summed E-state index contributed by atoms with van der Waals surface area (Å²) in [5, 5.41) is 4.73. The van der Waals surface area contributed by atoms with Gasteiger partial charge in [-0.05, 0) is 44.0 Å². The number of aromatic nitrogens is 1. The van der Waals surface area contributed by atoms with Crippen LogP contribution in [-0.2, 0) is 6.54 Å². The topological polar surface area (TPSA) is 28.2 Å². The van der Waals surface area contributed by atoms with Crippen LogP contribution in [0.5, 0.6) is 0 Å². The summed E-state index contributed by atoms with van der Waals surface area (Å²) in [6.45, 7) is 7.94. The van der Waals surface area contributed by atoms with Crippen LogP contribution < -0.4 is 5.32 Å². The fourth-order valence-electron chi connectivity index (χ4n) is 2.95. The molecule has 21 heavy (non-hydrogen) atoms. The second-order valence-corrected chi connectivity index (χ2v) is 6.20. The fourth-order valence-corrected chi connectivity index (χ4v) is 2.95. The van der Waals surface area contributed by atoms with Gasteiger partial charge in [-0.3, -0.25) is 4.98 Å². The number of pyridine rings is 1. The predicted molar refractivity (Wildman–Crippen MR) is 88.3 cm³/mol. The van der Waals surface area contributed by atoms with Crippen molar-refractivity contribution in [2.45, 2.75) is 26.3 Å². The van der Waals surface area contributed by atoms with Gasteiger partial charge in [-0.25, -0.2) is 0 Å². The zero-order valence-electron chi connectivity index (χ0n) is 12.9. The lowest BCUT2D eigenvalue weighted by molar-refractivity contribution is 0.193. The van der Waals surface area contributed by atoms with E-state index in [0.29, 0.717) is 0 Å². The fraction of sp³-hybridized carbons (Fsp3) is 0.500. The molecule has 1 aromatic heterocycles. The molecular formula is C18H25N3. The molecule has 0 radical (unpaired) electrons. The molecule has 0 saturated carbocycles. The molecule has 0 aliphatic carbocycles. The van der Waals surface area contributed by atoms with Gasteiger partial charge in [-0.2, -0.15) is 0 Å². The number of hydrogen-bond acceptors (Lipinski definition) is 3. The molecule has 2 heterocycles. The Morgan fingerprint density at radius 3 is 2.81 bits per heavy atom. The van der Waals surface area contributed by atoms with Crippen LogP contribution in [0.4, 0.5) is 0 Å². The normalized spacial score (nSPS) is 17.4. The standard InChI is InChI=1S/C18H25N3/c1-15-8-11-21(12-9-15)13-10-19-14-17-7-6-16-4-2-3-5-18(16)20-17/h2-7,15,19H,8-14H2,1H3. The molecule has 1 aliphatic heterocycles. The summed E-state index contributed by atoms with van der Waals surface area (Å²) in [6, 6.07) is 12.6. The Kier molecular flexibility index (Phi) is 4.84. The first-order valence-electron chi connectivity index (χ1n) is 8.09. The third-order valence-corrected chi connectivity index (χ3v) is 4.44. The number of benzene rings is 1. The van der Waals surface area contributed by atoms with Crippen LogP contribution >= 0.6 is 0 Å². The molecule has 2 aromatic rings. The zero-order chi connectivity index (χ0) is 14.5. The SMILES string of the molecule is CC1CCN(CCNCc2ccc3ccccc3n2)CC1. The second-order valence-electron chi connectivity index (χ2n) is 6.20. The molecule has 0 unspecified atom stereocenters. The van der Waals surface area contributed by atoms with Gasteiger partial charge < -0.3 is 10.2 Å². The Bertz CT molecular complexity index is 573. The van der Waals surface area contributed by atoms with E-state index in [0.717, 1.165) is 36.8 Å². The highest BCUT2D eigenvalue weighted by molar-refractivity contribution is 5.78. The van der Waals surface area contributed by atoms with E-state index in [-0.39, 0.29) is 0 Å². The monoisotopic (exact) mass is 283 g/mol. The van der Waals surface area contributed by atoms with Gasteiger partial charge in [0.1, 0.15) is 0 Å². The molecular weight excluding hydrogens is 258 g/mol. The number of rotatable bonds is 5. The van der Waals surface area contributed by atoms with Crippen molar-refractivity contribution in [3.05, 3.63) is 42.1 Å². The summed E-state index contributed by atoms with van der Waals surface area (Å²) >= 11 is 0. The summed E-state index contributed by atoms with van der Waals surface area (Å²) in [5.41, 5.74) is 2.21. The Morgan fingerprint density at radius 1 is 1.14 bits per heavy atom. The molecule has 0 amide bonds. The summed E-state index contributed by atoms with van der Waals surface area (Å²) in [5.74, 6) is 0.913. The maximum Gasteiger partial charge on any atom is 0.0705 e. The van der Waals surface area contributed by atoms with Crippen LogP contribution in [0.2, 0.25) is 0 Å². The number of likely N-dealkylation sites (tertiary alicyclic amines) is 1. The average molecular weight is 283 g/mol. The lowest BCUT2D eigenvalue weighted by Gasteiger charge is -2.30. The minimum atomic E-state index is 0.856. The third-order valence-electron chi connectivity index (χ3n) is 4.44. The van der Waals surface area contributed by atoms with Crippen LogP contribution in [-0.4, -0.2) is 36.1 Å². The van der Waals surface area contributed by atoms with Crippen LogP contribution in [0.1, 0.15) is 25.5 Å². The van der Waals surface area contributed by atoms with Gasteiger partial charge in [-0.1, -0.05) is 31.2 Å². The van der Waals surface area contributed by atoms with Crippen LogP contribution in [0.3, 0.4) is 0 Å². The summed E-state index contributed by atoms with van der Waals surface area (Å²) in [6.07, 6.45) is 2.71. The number of para-hydroxylation sites is 1. The van der Waals surface area contributed by atoms with Crippen molar-refractivity contribution in [3.8, 4) is 0 Å². The Balaban J connectivity index is 1.44. The van der Waals surface area contributed by atoms with E-state index in [1.807, 2.05) is 6.07 Å². The lowest BCUT2D eigenvalue weighted by atomic mass is 9.99. The number of nitrogens with one attached hydrogen (secondary N) is 1. The molecule has 3 heteroatoms. The largest absolute Gasteiger partial charge is 0.310 e. The van der Waals surface area contributed by atoms with Crippen molar-refractivity contribution in [1.29, 1.82) is 0 Å². The molecule has 0 spiro atoms.